The predicted octanol–water partition coefficient (Wildman–Crippen LogP) is 5.56. The third-order valence-corrected chi connectivity index (χ3v) is 6.98. The van der Waals surface area contributed by atoms with E-state index < -0.39 is 6.04 Å². The summed E-state index contributed by atoms with van der Waals surface area (Å²) in [6.45, 7) is 4.20. The molecule has 2 aliphatic rings. The number of nitrogens with zero attached hydrogens (tertiary/aromatic N) is 3. The Hall–Kier alpha value is -2.90. The van der Waals surface area contributed by atoms with E-state index in [0.717, 1.165) is 17.7 Å². The van der Waals surface area contributed by atoms with Gasteiger partial charge in [-0.2, -0.15) is 4.98 Å². The maximum atomic E-state index is 13.3. The Labute approximate surface area is 201 Å². The average molecular weight is 479 g/mol. The zero-order valence-corrected chi connectivity index (χ0v) is 19.9. The molecule has 1 aliphatic carbocycles. The Kier molecular flexibility index (Phi) is 5.62. The number of anilines is 1. The summed E-state index contributed by atoms with van der Waals surface area (Å²) in [5.74, 6) is 0.920. The maximum absolute atomic E-state index is 13.3. The number of aromatic nitrogens is 3. The van der Waals surface area contributed by atoms with Gasteiger partial charge >= 0.3 is 0 Å². The van der Waals surface area contributed by atoms with Crippen molar-refractivity contribution in [2.75, 3.05) is 11.1 Å². The van der Waals surface area contributed by atoms with Gasteiger partial charge in [0.2, 0.25) is 11.1 Å². The van der Waals surface area contributed by atoms with Crippen LogP contribution in [0.15, 0.2) is 71.0 Å². The number of halogens is 1. The molecule has 0 saturated heterocycles. The summed E-state index contributed by atoms with van der Waals surface area (Å²) in [5.41, 5.74) is 3.01. The van der Waals surface area contributed by atoms with Crippen LogP contribution in [-0.4, -0.2) is 32.1 Å². The van der Waals surface area contributed by atoms with Crippen LogP contribution in [0.2, 0.25) is 5.02 Å². The van der Waals surface area contributed by atoms with Gasteiger partial charge in [0.05, 0.1) is 5.75 Å². The molecule has 1 aromatic heterocycles. The number of Topliss-reactive ketones (excluding diaryl/α,β-unsaturated/α-hetero) is 2. The minimum Gasteiger partial charge on any atom is -0.328 e. The molecule has 0 amide bonds. The monoisotopic (exact) mass is 478 g/mol. The standard InChI is InChI=1S/C25H23ClN4O2S/c1-25(2)12-18-21(19(31)13-25)22(16-9-6-10-17(26)11-16)30-23(27-18)28-24(29-30)33-14-20(32)15-7-4-3-5-8-15/h3-11,22H,12-14H2,1-2H3,(H,27,28,29)/t22-/m1/s1. The number of nitrogens with one attached hydrogen (secondary N) is 1. The Morgan fingerprint density at radius 1 is 1.18 bits per heavy atom. The zero-order valence-electron chi connectivity index (χ0n) is 18.3. The first-order valence-corrected chi connectivity index (χ1v) is 12.1. The molecule has 2 heterocycles. The predicted molar refractivity (Wildman–Crippen MR) is 130 cm³/mol. The molecule has 0 spiro atoms. The molecular formula is C25H23ClN4O2S. The van der Waals surface area contributed by atoms with Crippen molar-refractivity contribution in [3.63, 3.8) is 0 Å². The van der Waals surface area contributed by atoms with E-state index in [1.54, 1.807) is 16.8 Å². The van der Waals surface area contributed by atoms with Gasteiger partial charge in [0.1, 0.15) is 6.04 Å². The van der Waals surface area contributed by atoms with Crippen molar-refractivity contribution in [2.45, 2.75) is 37.9 Å². The van der Waals surface area contributed by atoms with Crippen molar-refractivity contribution in [2.24, 2.45) is 5.41 Å². The molecule has 8 heteroatoms. The quantitative estimate of drug-likeness (QED) is 0.382. The minimum absolute atomic E-state index is 0.0158. The van der Waals surface area contributed by atoms with E-state index in [1.807, 2.05) is 42.5 Å². The second-order valence-corrected chi connectivity index (χ2v) is 10.5. The van der Waals surface area contributed by atoms with Gasteiger partial charge in [0, 0.05) is 28.3 Å². The molecule has 0 radical (unpaired) electrons. The number of rotatable bonds is 5. The highest BCUT2D eigenvalue weighted by molar-refractivity contribution is 7.99. The van der Waals surface area contributed by atoms with Crippen LogP contribution in [0.3, 0.4) is 0 Å². The van der Waals surface area contributed by atoms with Gasteiger partial charge in [0.25, 0.3) is 0 Å². The highest BCUT2D eigenvalue weighted by Gasteiger charge is 2.41. The number of benzene rings is 2. The van der Waals surface area contributed by atoms with E-state index in [1.165, 1.54) is 11.8 Å². The number of hydrogen-bond donors (Lipinski definition) is 1. The third-order valence-electron chi connectivity index (χ3n) is 5.91. The fourth-order valence-corrected chi connectivity index (χ4v) is 5.40. The second-order valence-electron chi connectivity index (χ2n) is 9.16. The van der Waals surface area contributed by atoms with E-state index in [4.69, 9.17) is 16.7 Å². The summed E-state index contributed by atoms with van der Waals surface area (Å²) in [5, 5.41) is 9.13. The lowest BCUT2D eigenvalue weighted by atomic mass is 9.73. The fraction of sp³-hybridized carbons (Fsp3) is 0.280. The number of thioether (sulfide) groups is 1. The van der Waals surface area contributed by atoms with Gasteiger partial charge < -0.3 is 5.32 Å². The number of carbonyl (C=O) groups is 2. The van der Waals surface area contributed by atoms with Crippen molar-refractivity contribution in [1.29, 1.82) is 0 Å². The second kappa shape index (κ2) is 8.47. The molecular weight excluding hydrogens is 456 g/mol. The van der Waals surface area contributed by atoms with E-state index in [0.29, 0.717) is 33.7 Å². The van der Waals surface area contributed by atoms with Crippen LogP contribution < -0.4 is 5.32 Å². The first-order valence-electron chi connectivity index (χ1n) is 10.8. The summed E-state index contributed by atoms with van der Waals surface area (Å²) in [6, 6.07) is 16.3. The van der Waals surface area contributed by atoms with Crippen molar-refractivity contribution >= 4 is 40.9 Å². The first kappa shape index (κ1) is 21.9. The first-order chi connectivity index (χ1) is 15.8. The smallest absolute Gasteiger partial charge is 0.227 e. The molecule has 5 rings (SSSR count). The van der Waals surface area contributed by atoms with Crippen molar-refractivity contribution in [3.05, 3.63) is 82.0 Å². The number of hydrogen-bond acceptors (Lipinski definition) is 6. The van der Waals surface area contributed by atoms with Crippen LogP contribution in [-0.2, 0) is 4.79 Å². The molecule has 0 unspecified atom stereocenters. The normalized spacial score (nSPS) is 19.0. The molecule has 0 fully saturated rings. The molecule has 1 N–H and O–H groups in total. The lowest BCUT2D eigenvalue weighted by Gasteiger charge is -2.38. The lowest BCUT2D eigenvalue weighted by molar-refractivity contribution is -0.118. The van der Waals surface area contributed by atoms with E-state index in [2.05, 4.69) is 24.1 Å². The Morgan fingerprint density at radius 3 is 2.73 bits per heavy atom. The van der Waals surface area contributed by atoms with E-state index in [-0.39, 0.29) is 22.7 Å². The third kappa shape index (κ3) is 4.35. The largest absolute Gasteiger partial charge is 0.328 e. The lowest BCUT2D eigenvalue weighted by Crippen LogP contribution is -2.36. The van der Waals surface area contributed by atoms with Crippen LogP contribution in [0.25, 0.3) is 0 Å². The van der Waals surface area contributed by atoms with E-state index >= 15 is 0 Å². The molecule has 33 heavy (non-hydrogen) atoms. The van der Waals surface area contributed by atoms with Crippen LogP contribution >= 0.6 is 23.4 Å². The zero-order chi connectivity index (χ0) is 23.2. The van der Waals surface area contributed by atoms with E-state index in [9.17, 15) is 9.59 Å². The molecule has 3 aromatic rings. The molecule has 2 aromatic carbocycles. The summed E-state index contributed by atoms with van der Waals surface area (Å²) < 4.78 is 1.75. The molecule has 1 atom stereocenters. The Bertz CT molecular complexity index is 1280. The topological polar surface area (TPSA) is 76.9 Å². The van der Waals surface area contributed by atoms with Gasteiger partial charge in [0.15, 0.2) is 11.6 Å². The van der Waals surface area contributed by atoms with Gasteiger partial charge in [-0.3, -0.25) is 9.59 Å². The van der Waals surface area contributed by atoms with Crippen LogP contribution in [0, 0.1) is 5.41 Å². The Morgan fingerprint density at radius 2 is 1.97 bits per heavy atom. The van der Waals surface area contributed by atoms with Crippen LogP contribution in [0.1, 0.15) is 48.7 Å². The summed E-state index contributed by atoms with van der Waals surface area (Å²) in [4.78, 5) is 30.4. The van der Waals surface area contributed by atoms with Crippen molar-refractivity contribution in [1.82, 2.24) is 14.8 Å². The van der Waals surface area contributed by atoms with Gasteiger partial charge in [-0.1, -0.05) is 79.7 Å². The molecule has 0 saturated carbocycles. The van der Waals surface area contributed by atoms with Crippen LogP contribution in [0.4, 0.5) is 5.95 Å². The highest BCUT2D eigenvalue weighted by atomic mass is 35.5. The van der Waals surface area contributed by atoms with Crippen LogP contribution in [0.5, 0.6) is 0 Å². The van der Waals surface area contributed by atoms with Crippen molar-refractivity contribution < 1.29 is 9.59 Å². The minimum atomic E-state index is -0.412. The number of fused-ring (bicyclic) bond motifs is 1. The molecule has 168 valence electrons. The Balaban J connectivity index is 1.50. The number of ketones is 2. The SMILES string of the molecule is CC1(C)CC(=O)C2=C(C1)Nc1nc(SCC(=O)c3ccccc3)nn1[C@@H]2c1cccc(Cl)c1. The summed E-state index contributed by atoms with van der Waals surface area (Å²) >= 11 is 7.58. The average Bonchev–Trinajstić information content (AvgIpc) is 3.18. The maximum Gasteiger partial charge on any atom is 0.227 e. The van der Waals surface area contributed by atoms with Crippen molar-refractivity contribution in [3.8, 4) is 0 Å². The molecule has 0 bridgehead atoms. The highest BCUT2D eigenvalue weighted by Crippen LogP contribution is 2.45. The van der Waals surface area contributed by atoms with Gasteiger partial charge in [-0.25, -0.2) is 4.68 Å². The number of carbonyl (C=O) groups excluding carboxylic acids is 2. The van der Waals surface area contributed by atoms with Gasteiger partial charge in [-0.05, 0) is 29.5 Å². The van der Waals surface area contributed by atoms with Gasteiger partial charge in [-0.15, -0.1) is 5.10 Å². The fourth-order valence-electron chi connectivity index (χ4n) is 4.47. The summed E-state index contributed by atoms with van der Waals surface area (Å²) in [7, 11) is 0. The molecule has 1 aliphatic heterocycles. The number of allylic oxidation sites excluding steroid dienone is 2. The summed E-state index contributed by atoms with van der Waals surface area (Å²) in [6.07, 6.45) is 1.22. The molecule has 6 nitrogen and oxygen atoms in total.